The van der Waals surface area contributed by atoms with Gasteiger partial charge in [0, 0.05) is 12.8 Å². The van der Waals surface area contributed by atoms with Gasteiger partial charge in [-0.1, -0.05) is 284 Å². The van der Waals surface area contributed by atoms with E-state index in [1.165, 1.54) is 231 Å². The molecule has 2 atom stereocenters. The summed E-state index contributed by atoms with van der Waals surface area (Å²) < 4.78 is 5.77. The van der Waals surface area contributed by atoms with E-state index in [0.29, 0.717) is 19.3 Å². The minimum atomic E-state index is -0.940. The number of hydrogen-bond donors (Lipinski definition) is 2. The highest BCUT2D eigenvalue weighted by molar-refractivity contribution is 5.76. The predicted molar refractivity (Wildman–Crippen MR) is 253 cm³/mol. The van der Waals surface area contributed by atoms with E-state index in [0.717, 1.165) is 44.9 Å². The number of aliphatic hydroxyl groups is 1. The first-order valence-electron chi connectivity index (χ1n) is 26.7. The summed E-state index contributed by atoms with van der Waals surface area (Å²) in [6, 6.07) is 0. The molecule has 0 aliphatic rings. The van der Waals surface area contributed by atoms with Gasteiger partial charge in [-0.2, -0.15) is 0 Å². The molecule has 0 saturated heterocycles. The Balaban J connectivity index is 4.31. The molecule has 5 heteroatoms. The number of aliphatic hydroxyl groups excluding tert-OH is 1. The number of hydrogen-bond acceptors (Lipinski definition) is 4. The second-order valence-electron chi connectivity index (χ2n) is 18.5. The molecule has 0 bridgehead atoms. The summed E-state index contributed by atoms with van der Waals surface area (Å²) in [6.07, 6.45) is 54.9. The van der Waals surface area contributed by atoms with Gasteiger partial charge in [-0.15, -0.1) is 0 Å². The van der Waals surface area contributed by atoms with Crippen LogP contribution in [0.1, 0.15) is 316 Å². The fourth-order valence-corrected chi connectivity index (χ4v) is 8.46. The van der Waals surface area contributed by atoms with Crippen LogP contribution in [0.25, 0.3) is 0 Å². The van der Waals surface area contributed by atoms with E-state index in [-0.39, 0.29) is 11.9 Å². The van der Waals surface area contributed by atoms with Crippen LogP contribution in [-0.4, -0.2) is 29.3 Å². The zero-order valence-corrected chi connectivity index (χ0v) is 39.9. The third-order valence-corrected chi connectivity index (χ3v) is 12.5. The summed E-state index contributed by atoms with van der Waals surface area (Å²) in [5, 5.41) is 14.0. The maximum Gasteiger partial charge on any atom is 0.307 e. The zero-order chi connectivity index (χ0) is 42.3. The van der Waals surface area contributed by atoms with Crippen LogP contribution in [0.2, 0.25) is 0 Å². The lowest BCUT2D eigenvalue weighted by molar-refractivity contribution is -0.160. The largest absolute Gasteiger partial charge is 0.439 e. The topological polar surface area (TPSA) is 75.6 Å². The van der Waals surface area contributed by atoms with Gasteiger partial charge in [0.05, 0.1) is 0 Å². The Morgan fingerprint density at radius 2 is 0.603 bits per heavy atom. The first kappa shape index (κ1) is 56.9. The molecule has 0 heterocycles. The summed E-state index contributed by atoms with van der Waals surface area (Å²) in [5.41, 5.74) is 0. The van der Waals surface area contributed by atoms with Crippen molar-refractivity contribution >= 4 is 11.9 Å². The molecule has 0 saturated carbocycles. The van der Waals surface area contributed by atoms with E-state index in [2.05, 4.69) is 26.1 Å². The molecule has 0 aromatic carbocycles. The van der Waals surface area contributed by atoms with Crippen molar-refractivity contribution in [3.05, 3.63) is 0 Å². The fraction of sp³-hybridized carbons (Fsp3) is 0.962. The van der Waals surface area contributed by atoms with Crippen LogP contribution in [0.15, 0.2) is 0 Å². The average Bonchev–Trinajstić information content (AvgIpc) is 3.22. The maximum atomic E-state index is 13.0. The van der Waals surface area contributed by atoms with E-state index in [9.17, 15) is 14.7 Å². The number of ether oxygens (including phenoxy) is 1. The molecule has 0 aromatic heterocycles. The molecule has 58 heavy (non-hydrogen) atoms. The third-order valence-electron chi connectivity index (χ3n) is 12.5. The van der Waals surface area contributed by atoms with E-state index in [4.69, 9.17) is 4.74 Å². The highest BCUT2D eigenvalue weighted by Gasteiger charge is 2.25. The predicted octanol–water partition coefficient (Wildman–Crippen LogP) is 17.3. The van der Waals surface area contributed by atoms with Crippen molar-refractivity contribution in [3.8, 4) is 0 Å². The van der Waals surface area contributed by atoms with Gasteiger partial charge < -0.3 is 15.2 Å². The molecule has 2 N–H and O–H groups in total. The molecule has 0 aliphatic heterocycles. The molecular weight excluding hydrogens is 715 g/mol. The molecule has 0 aliphatic carbocycles. The van der Waals surface area contributed by atoms with Gasteiger partial charge in [0.15, 0.2) is 0 Å². The molecule has 0 radical (unpaired) electrons. The van der Waals surface area contributed by atoms with Crippen molar-refractivity contribution in [3.63, 3.8) is 0 Å². The molecule has 0 fully saturated rings. The number of unbranched alkanes of at least 4 members (excludes halogenated alkanes) is 40. The summed E-state index contributed by atoms with van der Waals surface area (Å²) in [6.45, 7) is 6.84. The Kier molecular flexibility index (Phi) is 47.6. The maximum absolute atomic E-state index is 13.0. The lowest BCUT2D eigenvalue weighted by Crippen LogP contribution is -2.46. The van der Waals surface area contributed by atoms with Crippen molar-refractivity contribution in [2.75, 3.05) is 0 Å². The van der Waals surface area contributed by atoms with Gasteiger partial charge in [-0.05, 0) is 19.3 Å². The van der Waals surface area contributed by atoms with Crippen molar-refractivity contribution in [2.24, 2.45) is 0 Å². The minimum absolute atomic E-state index is 0.108. The molecule has 5 nitrogen and oxygen atoms in total. The van der Waals surface area contributed by atoms with Gasteiger partial charge in [0.25, 0.3) is 0 Å². The number of esters is 1. The van der Waals surface area contributed by atoms with Crippen molar-refractivity contribution in [1.29, 1.82) is 0 Å². The Morgan fingerprint density at radius 1 is 0.362 bits per heavy atom. The number of rotatable bonds is 49. The number of amides is 1. The molecular formula is C53H105NO4. The summed E-state index contributed by atoms with van der Waals surface area (Å²) in [5.74, 6) is -0.403. The van der Waals surface area contributed by atoms with Crippen LogP contribution in [-0.2, 0) is 14.3 Å². The molecule has 0 spiro atoms. The quantitative estimate of drug-likeness (QED) is 0.0364. The van der Waals surface area contributed by atoms with Gasteiger partial charge in [0.2, 0.25) is 12.1 Å². The zero-order valence-electron chi connectivity index (χ0n) is 39.9. The molecule has 346 valence electrons. The lowest BCUT2D eigenvalue weighted by Gasteiger charge is -2.24. The summed E-state index contributed by atoms with van der Waals surface area (Å²) in [7, 11) is 0. The summed E-state index contributed by atoms with van der Waals surface area (Å²) >= 11 is 0. The second-order valence-corrected chi connectivity index (χ2v) is 18.5. The Bertz CT molecular complexity index is 770. The van der Waals surface area contributed by atoms with E-state index in [1.807, 2.05) is 0 Å². The Labute approximate surface area is 363 Å². The molecule has 0 unspecified atom stereocenters. The van der Waals surface area contributed by atoms with Crippen LogP contribution in [0, 0.1) is 0 Å². The molecule has 0 rings (SSSR count). The average molecular weight is 820 g/mol. The molecule has 0 aromatic rings. The third kappa shape index (κ3) is 44.5. The fourth-order valence-electron chi connectivity index (χ4n) is 8.46. The number of carbonyl (C=O) groups excluding carboxylic acids is 2. The first-order chi connectivity index (χ1) is 28.5. The van der Waals surface area contributed by atoms with E-state index in [1.54, 1.807) is 0 Å². The summed E-state index contributed by atoms with van der Waals surface area (Å²) in [4.78, 5) is 25.8. The van der Waals surface area contributed by atoms with E-state index < -0.39 is 12.3 Å². The lowest BCUT2D eigenvalue weighted by atomic mass is 10.0. The Morgan fingerprint density at radius 3 is 0.897 bits per heavy atom. The standard InChI is InChI=1S/C53H105NO4/c1-4-7-10-13-16-19-22-25-27-30-33-36-39-42-45-48-51(56)54-53(50(55)47-44-41-38-35-32-29-24-21-18-15-12-9-6-3)58-52(57)49-46-43-40-37-34-31-28-26-23-20-17-14-11-8-5-2/h50,53,55H,4-49H2,1-3H3,(H,54,56)/t50-,53+/m1/s1. The minimum Gasteiger partial charge on any atom is -0.439 e. The molecule has 1 amide bonds. The van der Waals surface area contributed by atoms with Crippen LogP contribution in [0.5, 0.6) is 0 Å². The Hall–Kier alpha value is -1.10. The van der Waals surface area contributed by atoms with Crippen LogP contribution >= 0.6 is 0 Å². The SMILES string of the molecule is CCCCCCCCCCCCCCCCCC(=O)N[C@@H](OC(=O)CCCCCCCCCCCCCCCCC)[C@H](O)CCCCCCCCCCCCCCC. The number of nitrogens with one attached hydrogen (secondary N) is 1. The first-order valence-corrected chi connectivity index (χ1v) is 26.7. The van der Waals surface area contributed by atoms with Gasteiger partial charge in [0.1, 0.15) is 6.10 Å². The highest BCUT2D eigenvalue weighted by Crippen LogP contribution is 2.18. The highest BCUT2D eigenvalue weighted by atomic mass is 16.6. The second kappa shape index (κ2) is 48.6. The smallest absolute Gasteiger partial charge is 0.307 e. The van der Waals surface area contributed by atoms with Crippen LogP contribution < -0.4 is 5.32 Å². The monoisotopic (exact) mass is 820 g/mol. The van der Waals surface area contributed by atoms with Crippen molar-refractivity contribution in [1.82, 2.24) is 5.32 Å². The van der Waals surface area contributed by atoms with Crippen molar-refractivity contribution in [2.45, 2.75) is 328 Å². The van der Waals surface area contributed by atoms with Crippen LogP contribution in [0.3, 0.4) is 0 Å². The van der Waals surface area contributed by atoms with Gasteiger partial charge >= 0.3 is 5.97 Å². The number of carbonyl (C=O) groups is 2. The van der Waals surface area contributed by atoms with Crippen LogP contribution in [0.4, 0.5) is 0 Å². The van der Waals surface area contributed by atoms with Gasteiger partial charge in [-0.25, -0.2) is 0 Å². The van der Waals surface area contributed by atoms with E-state index >= 15 is 0 Å². The normalized spacial score (nSPS) is 12.6. The van der Waals surface area contributed by atoms with Gasteiger partial charge in [-0.3, -0.25) is 9.59 Å². The van der Waals surface area contributed by atoms with Crippen molar-refractivity contribution < 1.29 is 19.4 Å².